The van der Waals surface area contributed by atoms with Crippen molar-refractivity contribution < 1.29 is 18.9 Å². The van der Waals surface area contributed by atoms with Gasteiger partial charge in [-0.25, -0.2) is 0 Å². The van der Waals surface area contributed by atoms with Crippen LogP contribution in [-0.2, 0) is 0 Å². The molecular weight excluding hydrogens is 244 g/mol. The summed E-state index contributed by atoms with van der Waals surface area (Å²) in [5.74, 6) is 2.58. The number of fused-ring (bicyclic) bond motifs is 2. The fourth-order valence-electron chi connectivity index (χ4n) is 2.32. The maximum absolute atomic E-state index is 5.76. The Balaban J connectivity index is 1.75. The zero-order valence-electron chi connectivity index (χ0n) is 10.6. The van der Waals surface area contributed by atoms with Gasteiger partial charge in [-0.3, -0.25) is 0 Å². The molecule has 0 amide bonds. The summed E-state index contributed by atoms with van der Waals surface area (Å²) in [5, 5.41) is 0. The minimum atomic E-state index is -1.51. The molecule has 0 saturated carbocycles. The maximum atomic E-state index is 5.76. The minimum Gasteiger partial charge on any atom is -0.382 e. The lowest BCUT2D eigenvalue weighted by atomic mass is 10.2. The summed E-state index contributed by atoms with van der Waals surface area (Å²) in [6.07, 6.45) is -1.51. The largest absolute Gasteiger partial charge is 0.611 e. The van der Waals surface area contributed by atoms with Gasteiger partial charge in [0.25, 0.3) is 0 Å². The highest BCUT2D eigenvalue weighted by atomic mass is 17.0. The molecule has 2 aromatic rings. The van der Waals surface area contributed by atoms with E-state index in [2.05, 4.69) is 0 Å². The molecular formula is C15H12O4. The Bertz CT molecular complexity index is 618. The Morgan fingerprint density at radius 2 is 1.16 bits per heavy atom. The van der Waals surface area contributed by atoms with Crippen molar-refractivity contribution in [1.82, 2.24) is 0 Å². The highest BCUT2D eigenvalue weighted by molar-refractivity contribution is 5.52. The second kappa shape index (κ2) is 3.35. The third kappa shape index (κ3) is 1.40. The lowest BCUT2D eigenvalue weighted by molar-refractivity contribution is -0.330. The van der Waals surface area contributed by atoms with Gasteiger partial charge in [-0.15, -0.1) is 0 Å². The van der Waals surface area contributed by atoms with Crippen LogP contribution in [0.15, 0.2) is 36.4 Å². The third-order valence-electron chi connectivity index (χ3n) is 3.28. The predicted octanol–water partition coefficient (Wildman–Crippen LogP) is 3.16. The lowest BCUT2D eigenvalue weighted by Gasteiger charge is -2.18. The minimum absolute atomic E-state index is 0.630. The van der Waals surface area contributed by atoms with Gasteiger partial charge in [0.1, 0.15) is 0 Å². The Morgan fingerprint density at radius 3 is 1.58 bits per heavy atom. The first-order valence-corrected chi connectivity index (χ1v) is 6.12. The van der Waals surface area contributed by atoms with Crippen molar-refractivity contribution in [2.75, 3.05) is 0 Å². The summed E-state index contributed by atoms with van der Waals surface area (Å²) >= 11 is 0. The van der Waals surface area contributed by atoms with Crippen LogP contribution in [0.25, 0.3) is 0 Å². The third-order valence-corrected chi connectivity index (χ3v) is 3.28. The number of benzene rings is 2. The molecule has 0 atom stereocenters. The molecule has 2 aliphatic heterocycles. The molecule has 1 spiro atoms. The number of hydrogen-bond acceptors (Lipinski definition) is 4. The van der Waals surface area contributed by atoms with Crippen molar-refractivity contribution in [3.63, 3.8) is 0 Å². The van der Waals surface area contributed by atoms with Crippen LogP contribution in [0.1, 0.15) is 11.1 Å². The molecule has 0 aliphatic carbocycles. The van der Waals surface area contributed by atoms with Gasteiger partial charge < -0.3 is 18.9 Å². The van der Waals surface area contributed by atoms with Crippen LogP contribution in [0.2, 0.25) is 0 Å². The van der Waals surface area contributed by atoms with Gasteiger partial charge in [0.2, 0.25) is 0 Å². The standard InChI is InChI=1S/C15H12O4/c1-9-5-3-7-11-13(9)18-15(16-11)17-12-8-4-6-10(2)14(12)19-15/h3-8H,1-2H3. The SMILES string of the molecule is Cc1cccc2c1OC1(O2)Oc2cccc(C)c2O1. The highest BCUT2D eigenvalue weighted by Crippen LogP contribution is 2.49. The monoisotopic (exact) mass is 256 g/mol. The molecule has 0 fully saturated rings. The number of ether oxygens (including phenoxy) is 4. The Morgan fingerprint density at radius 1 is 0.684 bits per heavy atom. The van der Waals surface area contributed by atoms with E-state index >= 15 is 0 Å². The lowest BCUT2D eigenvalue weighted by Crippen LogP contribution is -2.47. The molecule has 0 bridgehead atoms. The van der Waals surface area contributed by atoms with E-state index in [-0.39, 0.29) is 0 Å². The second-order valence-electron chi connectivity index (χ2n) is 4.71. The van der Waals surface area contributed by atoms with Gasteiger partial charge in [0.05, 0.1) is 0 Å². The first-order valence-electron chi connectivity index (χ1n) is 6.12. The molecule has 4 rings (SSSR count). The summed E-state index contributed by atoms with van der Waals surface area (Å²) in [5.41, 5.74) is 1.96. The number of aryl methyl sites for hydroxylation is 2. The van der Waals surface area contributed by atoms with Crippen molar-refractivity contribution in [2.24, 2.45) is 0 Å². The highest BCUT2D eigenvalue weighted by Gasteiger charge is 2.54. The molecule has 0 N–H and O–H groups in total. The second-order valence-corrected chi connectivity index (χ2v) is 4.71. The van der Waals surface area contributed by atoms with Gasteiger partial charge in [-0.05, 0) is 37.1 Å². The first kappa shape index (κ1) is 10.6. The van der Waals surface area contributed by atoms with E-state index in [1.807, 2.05) is 50.2 Å². The summed E-state index contributed by atoms with van der Waals surface area (Å²) in [6.45, 7) is 3.91. The normalized spacial score (nSPS) is 16.9. The van der Waals surface area contributed by atoms with Crippen molar-refractivity contribution in [1.29, 1.82) is 0 Å². The zero-order chi connectivity index (χ0) is 13.0. The van der Waals surface area contributed by atoms with Crippen LogP contribution in [-0.4, -0.2) is 6.16 Å². The Hall–Kier alpha value is -2.36. The van der Waals surface area contributed by atoms with Gasteiger partial charge in [0.15, 0.2) is 23.0 Å². The molecule has 0 radical (unpaired) electrons. The van der Waals surface area contributed by atoms with E-state index in [1.54, 1.807) is 0 Å². The van der Waals surface area contributed by atoms with Gasteiger partial charge in [-0.1, -0.05) is 24.3 Å². The smallest absolute Gasteiger partial charge is 0.382 e. The molecule has 2 heterocycles. The summed E-state index contributed by atoms with van der Waals surface area (Å²) in [7, 11) is 0. The number of rotatable bonds is 0. The molecule has 0 aromatic heterocycles. The molecule has 2 aliphatic rings. The molecule has 4 heteroatoms. The molecule has 4 nitrogen and oxygen atoms in total. The van der Waals surface area contributed by atoms with Gasteiger partial charge >= 0.3 is 6.16 Å². The summed E-state index contributed by atoms with van der Waals surface area (Å²) in [6, 6.07) is 11.4. The van der Waals surface area contributed by atoms with E-state index in [9.17, 15) is 0 Å². The number of para-hydroxylation sites is 2. The van der Waals surface area contributed by atoms with Crippen molar-refractivity contribution in [3.05, 3.63) is 47.5 Å². The van der Waals surface area contributed by atoms with Crippen LogP contribution in [0.4, 0.5) is 0 Å². The van der Waals surface area contributed by atoms with Crippen LogP contribution in [0.3, 0.4) is 0 Å². The average Bonchev–Trinajstić information content (AvgIpc) is 2.92. The quantitative estimate of drug-likeness (QED) is 0.725. The molecule has 0 unspecified atom stereocenters. The van der Waals surface area contributed by atoms with Crippen LogP contribution >= 0.6 is 0 Å². The maximum Gasteiger partial charge on any atom is 0.611 e. The van der Waals surface area contributed by atoms with Gasteiger partial charge in [-0.2, -0.15) is 0 Å². The van der Waals surface area contributed by atoms with E-state index in [0.29, 0.717) is 23.0 Å². The predicted molar refractivity (Wildman–Crippen MR) is 67.6 cm³/mol. The molecule has 19 heavy (non-hydrogen) atoms. The number of hydrogen-bond donors (Lipinski definition) is 0. The topological polar surface area (TPSA) is 36.9 Å². The van der Waals surface area contributed by atoms with Gasteiger partial charge in [0, 0.05) is 0 Å². The molecule has 96 valence electrons. The summed E-state index contributed by atoms with van der Waals surface area (Å²) in [4.78, 5) is 0. The van der Waals surface area contributed by atoms with E-state index in [1.165, 1.54) is 0 Å². The van der Waals surface area contributed by atoms with Crippen molar-refractivity contribution in [3.8, 4) is 23.0 Å². The van der Waals surface area contributed by atoms with E-state index in [4.69, 9.17) is 18.9 Å². The molecule has 0 saturated heterocycles. The first-order chi connectivity index (χ1) is 9.17. The molecule has 2 aromatic carbocycles. The van der Waals surface area contributed by atoms with E-state index < -0.39 is 6.16 Å². The van der Waals surface area contributed by atoms with Crippen LogP contribution in [0, 0.1) is 13.8 Å². The van der Waals surface area contributed by atoms with Crippen LogP contribution < -0.4 is 18.9 Å². The average molecular weight is 256 g/mol. The van der Waals surface area contributed by atoms with Crippen LogP contribution in [0.5, 0.6) is 23.0 Å². The fraction of sp³-hybridized carbons (Fsp3) is 0.200. The van der Waals surface area contributed by atoms with Crippen molar-refractivity contribution in [2.45, 2.75) is 20.0 Å². The Kier molecular flexibility index (Phi) is 1.86. The van der Waals surface area contributed by atoms with E-state index in [0.717, 1.165) is 11.1 Å². The van der Waals surface area contributed by atoms with Crippen molar-refractivity contribution >= 4 is 0 Å². The summed E-state index contributed by atoms with van der Waals surface area (Å²) < 4.78 is 22.9. The fourth-order valence-corrected chi connectivity index (χ4v) is 2.32. The zero-order valence-corrected chi connectivity index (χ0v) is 10.6. The Labute approximate surface area is 110 Å².